The second kappa shape index (κ2) is 6.88. The van der Waals surface area contributed by atoms with Gasteiger partial charge in [0.05, 0.1) is 18.7 Å². The van der Waals surface area contributed by atoms with Gasteiger partial charge in [0.15, 0.2) is 0 Å². The Morgan fingerprint density at radius 1 is 1.23 bits per heavy atom. The predicted molar refractivity (Wildman–Crippen MR) is 103 cm³/mol. The van der Waals surface area contributed by atoms with E-state index in [-0.39, 0.29) is 18.0 Å². The molecular weight excluding hydrogens is 350 g/mol. The number of benzene rings is 2. The van der Waals surface area contributed by atoms with Crippen molar-refractivity contribution in [2.45, 2.75) is 25.4 Å². The molecule has 4 rings (SSSR count). The summed E-state index contributed by atoms with van der Waals surface area (Å²) in [5, 5.41) is 8.51. The molecule has 6 nitrogen and oxygen atoms in total. The van der Waals surface area contributed by atoms with E-state index in [0.717, 1.165) is 28.3 Å². The van der Waals surface area contributed by atoms with Gasteiger partial charge in [-0.25, -0.2) is 4.68 Å². The van der Waals surface area contributed by atoms with Crippen molar-refractivity contribution in [3.63, 3.8) is 0 Å². The second-order valence-corrected chi connectivity index (χ2v) is 6.62. The van der Waals surface area contributed by atoms with Crippen molar-refractivity contribution in [3.05, 3.63) is 64.7 Å². The molecule has 0 spiro atoms. The van der Waals surface area contributed by atoms with Gasteiger partial charge in [-0.05, 0) is 42.7 Å². The molecule has 2 unspecified atom stereocenters. The van der Waals surface area contributed by atoms with E-state index in [1.54, 1.807) is 0 Å². The van der Waals surface area contributed by atoms with E-state index in [0.29, 0.717) is 12.6 Å². The van der Waals surface area contributed by atoms with Crippen LogP contribution in [0, 0.1) is 0 Å². The molecule has 3 N–H and O–H groups in total. The highest BCUT2D eigenvalue weighted by atomic mass is 35.5. The van der Waals surface area contributed by atoms with Crippen molar-refractivity contribution in [1.29, 1.82) is 0 Å². The van der Waals surface area contributed by atoms with Gasteiger partial charge in [0.25, 0.3) is 0 Å². The Balaban J connectivity index is 1.71. The van der Waals surface area contributed by atoms with Gasteiger partial charge in [0, 0.05) is 5.02 Å². The number of anilines is 2. The summed E-state index contributed by atoms with van der Waals surface area (Å²) in [6.45, 7) is 2.62. The first-order valence-corrected chi connectivity index (χ1v) is 8.99. The lowest BCUT2D eigenvalue weighted by Crippen LogP contribution is -2.28. The zero-order chi connectivity index (χ0) is 18.1. The molecule has 0 saturated carbocycles. The zero-order valence-electron chi connectivity index (χ0n) is 14.4. The monoisotopic (exact) mass is 369 g/mol. The van der Waals surface area contributed by atoms with Crippen LogP contribution in [-0.4, -0.2) is 21.4 Å². The Labute approximate surface area is 156 Å². The van der Waals surface area contributed by atoms with Crippen molar-refractivity contribution in [2.24, 2.45) is 0 Å². The lowest BCUT2D eigenvalue weighted by atomic mass is 9.93. The molecule has 134 valence electrons. The van der Waals surface area contributed by atoms with Crippen molar-refractivity contribution < 1.29 is 4.74 Å². The topological polar surface area (TPSA) is 78.0 Å². The average molecular weight is 370 g/mol. The summed E-state index contributed by atoms with van der Waals surface area (Å²) in [4.78, 5) is 4.33. The number of ether oxygens (including phenoxy) is 1. The lowest BCUT2D eigenvalue weighted by Gasteiger charge is -2.32. The van der Waals surface area contributed by atoms with Crippen LogP contribution >= 0.6 is 11.6 Å². The number of nitrogens with zero attached hydrogens (tertiary/aromatic N) is 3. The van der Waals surface area contributed by atoms with Gasteiger partial charge < -0.3 is 15.8 Å². The Morgan fingerprint density at radius 3 is 2.73 bits per heavy atom. The van der Waals surface area contributed by atoms with Gasteiger partial charge in [-0.3, -0.25) is 0 Å². The number of aromatic nitrogens is 3. The van der Waals surface area contributed by atoms with Crippen LogP contribution in [0.3, 0.4) is 0 Å². The van der Waals surface area contributed by atoms with Crippen LogP contribution in [-0.2, 0) is 0 Å². The number of nitrogens with two attached hydrogens (primary N) is 1. The standard InChI is InChI=1S/C19H20ClN5O/c1-2-26-13-9-7-12(8-10-13)17-11-16(14-5-3-4-6-15(14)20)22-19-23-18(21)24-25(17)19/h3-10,16-17H,2,11H2,1H3,(H3,21,22,23,24). The number of nitrogens with one attached hydrogen (secondary N) is 1. The second-order valence-electron chi connectivity index (χ2n) is 6.21. The molecular formula is C19H20ClN5O. The first-order valence-electron chi connectivity index (χ1n) is 8.61. The Morgan fingerprint density at radius 2 is 2.00 bits per heavy atom. The summed E-state index contributed by atoms with van der Waals surface area (Å²) < 4.78 is 7.39. The molecule has 1 aliphatic rings. The largest absolute Gasteiger partial charge is 0.494 e. The smallest absolute Gasteiger partial charge is 0.241 e. The molecule has 3 aromatic rings. The quantitative estimate of drug-likeness (QED) is 0.725. The van der Waals surface area contributed by atoms with Gasteiger partial charge >= 0.3 is 0 Å². The predicted octanol–water partition coefficient (Wildman–Crippen LogP) is 4.06. The first kappa shape index (κ1) is 16.7. The maximum atomic E-state index is 6.42. The van der Waals surface area contributed by atoms with Gasteiger partial charge in [-0.2, -0.15) is 4.98 Å². The number of hydrogen-bond acceptors (Lipinski definition) is 5. The SMILES string of the molecule is CCOc1ccc(C2CC(c3ccccc3Cl)Nc3nc(N)nn32)cc1. The minimum absolute atomic E-state index is 0.00741. The number of nitrogen functional groups attached to an aromatic ring is 1. The third kappa shape index (κ3) is 3.08. The van der Waals surface area contributed by atoms with Gasteiger partial charge in [-0.15, -0.1) is 5.10 Å². The third-order valence-electron chi connectivity index (χ3n) is 4.56. The molecule has 0 amide bonds. The van der Waals surface area contributed by atoms with Gasteiger partial charge in [0.2, 0.25) is 11.9 Å². The highest BCUT2D eigenvalue weighted by Crippen LogP contribution is 2.40. The van der Waals surface area contributed by atoms with Crippen LogP contribution in [0.5, 0.6) is 5.75 Å². The van der Waals surface area contributed by atoms with Crippen LogP contribution in [0.4, 0.5) is 11.9 Å². The van der Waals surface area contributed by atoms with E-state index in [4.69, 9.17) is 22.1 Å². The summed E-state index contributed by atoms with van der Waals surface area (Å²) in [5.74, 6) is 1.76. The van der Waals surface area contributed by atoms with E-state index in [2.05, 4.69) is 27.5 Å². The van der Waals surface area contributed by atoms with E-state index < -0.39 is 0 Å². The number of fused-ring (bicyclic) bond motifs is 1. The summed E-state index contributed by atoms with van der Waals surface area (Å²) in [6.07, 6.45) is 0.785. The minimum atomic E-state index is 0.00741. The van der Waals surface area contributed by atoms with Crippen LogP contribution in [0.15, 0.2) is 48.5 Å². The fourth-order valence-corrected chi connectivity index (χ4v) is 3.65. The number of hydrogen-bond donors (Lipinski definition) is 2. The Kier molecular flexibility index (Phi) is 4.42. The van der Waals surface area contributed by atoms with Gasteiger partial charge in [-0.1, -0.05) is 41.9 Å². The van der Waals surface area contributed by atoms with Crippen molar-refractivity contribution >= 4 is 23.5 Å². The van der Waals surface area contributed by atoms with E-state index in [1.165, 1.54) is 0 Å². The van der Waals surface area contributed by atoms with Crippen molar-refractivity contribution in [1.82, 2.24) is 14.8 Å². The molecule has 2 heterocycles. The fraction of sp³-hybridized carbons (Fsp3) is 0.263. The van der Waals surface area contributed by atoms with Crippen LogP contribution < -0.4 is 15.8 Å². The number of rotatable bonds is 4. The lowest BCUT2D eigenvalue weighted by molar-refractivity contribution is 0.340. The van der Waals surface area contributed by atoms with Gasteiger partial charge in [0.1, 0.15) is 5.75 Å². The molecule has 7 heteroatoms. The highest BCUT2D eigenvalue weighted by Gasteiger charge is 2.31. The van der Waals surface area contributed by atoms with Crippen molar-refractivity contribution in [2.75, 3.05) is 17.7 Å². The summed E-state index contributed by atoms with van der Waals surface area (Å²) in [6, 6.07) is 16.0. The highest BCUT2D eigenvalue weighted by molar-refractivity contribution is 6.31. The molecule has 2 atom stereocenters. The Bertz CT molecular complexity index is 909. The third-order valence-corrected chi connectivity index (χ3v) is 4.91. The molecule has 0 saturated heterocycles. The summed E-state index contributed by atoms with van der Waals surface area (Å²) >= 11 is 6.42. The molecule has 1 aliphatic heterocycles. The first-order chi connectivity index (χ1) is 12.7. The minimum Gasteiger partial charge on any atom is -0.494 e. The molecule has 0 aliphatic carbocycles. The maximum absolute atomic E-state index is 6.42. The molecule has 0 bridgehead atoms. The average Bonchev–Trinajstić information content (AvgIpc) is 3.02. The fourth-order valence-electron chi connectivity index (χ4n) is 3.39. The van der Waals surface area contributed by atoms with Crippen LogP contribution in [0.2, 0.25) is 5.02 Å². The maximum Gasteiger partial charge on any atom is 0.241 e. The van der Waals surface area contributed by atoms with Crippen LogP contribution in [0.1, 0.15) is 36.6 Å². The van der Waals surface area contributed by atoms with Crippen LogP contribution in [0.25, 0.3) is 0 Å². The van der Waals surface area contributed by atoms with Crippen molar-refractivity contribution in [3.8, 4) is 5.75 Å². The molecule has 1 aromatic heterocycles. The Hall–Kier alpha value is -2.73. The van der Waals surface area contributed by atoms with E-state index in [9.17, 15) is 0 Å². The molecule has 0 radical (unpaired) electrons. The number of halogens is 1. The molecule has 0 fully saturated rings. The molecule has 26 heavy (non-hydrogen) atoms. The summed E-state index contributed by atoms with van der Waals surface area (Å²) in [7, 11) is 0. The molecule has 2 aromatic carbocycles. The normalized spacial score (nSPS) is 18.8. The zero-order valence-corrected chi connectivity index (χ0v) is 15.1. The van der Waals surface area contributed by atoms with E-state index >= 15 is 0 Å². The van der Waals surface area contributed by atoms with E-state index in [1.807, 2.05) is 48.0 Å². The summed E-state index contributed by atoms with van der Waals surface area (Å²) in [5.41, 5.74) is 8.01.